The summed E-state index contributed by atoms with van der Waals surface area (Å²) in [6.07, 6.45) is 1.75. The molecule has 0 fully saturated rings. The van der Waals surface area contributed by atoms with Crippen LogP contribution in [0.25, 0.3) is 0 Å². The van der Waals surface area contributed by atoms with Gasteiger partial charge in [-0.1, -0.05) is 30.3 Å². The van der Waals surface area contributed by atoms with Gasteiger partial charge >= 0.3 is 0 Å². The number of carbonyl (C=O) groups is 1. The maximum atomic E-state index is 12.1. The van der Waals surface area contributed by atoms with Gasteiger partial charge in [-0.15, -0.1) is 0 Å². The first-order valence-electron chi connectivity index (χ1n) is 8.17. The number of sulfone groups is 1. The zero-order valence-corrected chi connectivity index (χ0v) is 15.1. The quantitative estimate of drug-likeness (QED) is 0.697. The van der Waals surface area contributed by atoms with Crippen LogP contribution in [-0.4, -0.2) is 40.3 Å². The smallest absolute Gasteiger partial charge is 0.251 e. The number of hydrogen-bond acceptors (Lipinski definition) is 4. The van der Waals surface area contributed by atoms with E-state index in [2.05, 4.69) is 17.4 Å². The molecule has 6 heteroatoms. The van der Waals surface area contributed by atoms with Crippen molar-refractivity contribution < 1.29 is 17.9 Å². The first kappa shape index (κ1) is 19.1. The molecular formula is C19H23NO4S. The summed E-state index contributed by atoms with van der Waals surface area (Å²) in [5.74, 6) is -0.275. The van der Waals surface area contributed by atoms with Gasteiger partial charge < -0.3 is 10.1 Å². The largest absolute Gasteiger partial charge is 0.384 e. The summed E-state index contributed by atoms with van der Waals surface area (Å²) >= 11 is 0. The normalized spacial score (nSPS) is 11.2. The van der Waals surface area contributed by atoms with Gasteiger partial charge in [0, 0.05) is 19.2 Å². The number of methoxy groups -OCH3 is 1. The number of ether oxygens (including phenoxy) is 1. The highest BCUT2D eigenvalue weighted by atomic mass is 32.2. The molecule has 0 aromatic heterocycles. The first-order chi connectivity index (χ1) is 12.0. The van der Waals surface area contributed by atoms with Crippen LogP contribution in [0, 0.1) is 0 Å². The molecule has 0 atom stereocenters. The maximum Gasteiger partial charge on any atom is 0.251 e. The average molecular weight is 361 g/mol. The standard InChI is InChI=1S/C19H23NO4S/c1-24-14-15-25(22,23)18-11-9-17(10-12-18)19(21)20-13-5-8-16-6-3-2-4-7-16/h2-4,6-7,9-12H,5,8,13-15H2,1H3,(H,20,21). The summed E-state index contributed by atoms with van der Waals surface area (Å²) in [7, 11) is -1.91. The topological polar surface area (TPSA) is 72.5 Å². The minimum Gasteiger partial charge on any atom is -0.384 e. The Morgan fingerprint density at radius 2 is 1.72 bits per heavy atom. The lowest BCUT2D eigenvalue weighted by atomic mass is 10.1. The van der Waals surface area contributed by atoms with Crippen LogP contribution in [0.4, 0.5) is 0 Å². The summed E-state index contributed by atoms with van der Waals surface area (Å²) in [6, 6.07) is 16.1. The Labute approximate surface area is 148 Å². The predicted molar refractivity (Wildman–Crippen MR) is 97.5 cm³/mol. The Morgan fingerprint density at radius 1 is 1.04 bits per heavy atom. The molecule has 1 amide bonds. The molecule has 5 nitrogen and oxygen atoms in total. The molecule has 0 aliphatic carbocycles. The van der Waals surface area contributed by atoms with Crippen LogP contribution in [0.15, 0.2) is 59.5 Å². The van der Waals surface area contributed by atoms with Gasteiger partial charge in [-0.2, -0.15) is 0 Å². The van der Waals surface area contributed by atoms with Gasteiger partial charge in [0.15, 0.2) is 9.84 Å². The van der Waals surface area contributed by atoms with E-state index in [1.807, 2.05) is 18.2 Å². The zero-order chi connectivity index (χ0) is 18.1. The van der Waals surface area contributed by atoms with E-state index in [4.69, 9.17) is 4.74 Å². The van der Waals surface area contributed by atoms with Crippen LogP contribution in [0.2, 0.25) is 0 Å². The second kappa shape index (κ2) is 9.34. The molecule has 0 aliphatic heterocycles. The molecular weight excluding hydrogens is 338 g/mol. The zero-order valence-electron chi connectivity index (χ0n) is 14.3. The van der Waals surface area contributed by atoms with Crippen LogP contribution < -0.4 is 5.32 Å². The predicted octanol–water partition coefficient (Wildman–Crippen LogP) is 2.47. The van der Waals surface area contributed by atoms with Gasteiger partial charge in [0.25, 0.3) is 5.91 Å². The fraction of sp³-hybridized carbons (Fsp3) is 0.316. The van der Waals surface area contributed by atoms with Gasteiger partial charge in [0.1, 0.15) is 0 Å². The highest BCUT2D eigenvalue weighted by Gasteiger charge is 2.14. The molecule has 0 aliphatic rings. The second-order valence-electron chi connectivity index (χ2n) is 5.68. The van der Waals surface area contributed by atoms with Crippen molar-refractivity contribution in [2.24, 2.45) is 0 Å². The molecule has 25 heavy (non-hydrogen) atoms. The van der Waals surface area contributed by atoms with Crippen molar-refractivity contribution in [1.82, 2.24) is 5.32 Å². The Kier molecular flexibility index (Phi) is 7.16. The molecule has 0 unspecified atom stereocenters. The first-order valence-corrected chi connectivity index (χ1v) is 9.82. The fourth-order valence-electron chi connectivity index (χ4n) is 2.37. The summed E-state index contributed by atoms with van der Waals surface area (Å²) in [6.45, 7) is 0.716. The minimum absolute atomic E-state index is 0.0749. The van der Waals surface area contributed by atoms with Crippen molar-refractivity contribution in [2.45, 2.75) is 17.7 Å². The lowest BCUT2D eigenvalue weighted by Crippen LogP contribution is -2.24. The molecule has 2 aromatic rings. The highest BCUT2D eigenvalue weighted by Crippen LogP contribution is 2.12. The monoisotopic (exact) mass is 361 g/mol. The van der Waals surface area contributed by atoms with E-state index in [0.717, 1.165) is 12.8 Å². The van der Waals surface area contributed by atoms with Crippen LogP contribution >= 0.6 is 0 Å². The summed E-state index contributed by atoms with van der Waals surface area (Å²) in [5, 5.41) is 2.85. The van der Waals surface area contributed by atoms with Crippen molar-refractivity contribution >= 4 is 15.7 Å². The van der Waals surface area contributed by atoms with Crippen molar-refractivity contribution in [3.05, 3.63) is 65.7 Å². The highest BCUT2D eigenvalue weighted by molar-refractivity contribution is 7.91. The number of amides is 1. The number of carbonyl (C=O) groups excluding carboxylic acids is 1. The molecule has 2 rings (SSSR count). The molecule has 2 aromatic carbocycles. The van der Waals surface area contributed by atoms with Crippen molar-refractivity contribution in [3.63, 3.8) is 0 Å². The number of benzene rings is 2. The molecule has 0 bridgehead atoms. The minimum atomic E-state index is -3.37. The van der Waals surface area contributed by atoms with E-state index >= 15 is 0 Å². The van der Waals surface area contributed by atoms with Gasteiger partial charge in [0.2, 0.25) is 0 Å². The van der Waals surface area contributed by atoms with Gasteiger partial charge in [-0.25, -0.2) is 8.42 Å². The third kappa shape index (κ3) is 5.99. The Hall–Kier alpha value is -2.18. The lowest BCUT2D eigenvalue weighted by Gasteiger charge is -2.07. The molecule has 0 radical (unpaired) electrons. The van der Waals surface area contributed by atoms with Crippen molar-refractivity contribution in [1.29, 1.82) is 0 Å². The second-order valence-corrected chi connectivity index (χ2v) is 7.79. The fourth-order valence-corrected chi connectivity index (χ4v) is 3.54. The Balaban J connectivity index is 1.84. The molecule has 0 spiro atoms. The molecule has 0 heterocycles. The lowest BCUT2D eigenvalue weighted by molar-refractivity contribution is 0.0953. The Bertz CT molecular complexity index is 771. The van der Waals surface area contributed by atoms with Crippen LogP contribution in [0.1, 0.15) is 22.3 Å². The van der Waals surface area contributed by atoms with Crippen LogP contribution in [-0.2, 0) is 21.0 Å². The van der Waals surface area contributed by atoms with Crippen molar-refractivity contribution in [3.8, 4) is 0 Å². The number of rotatable bonds is 9. The third-order valence-corrected chi connectivity index (χ3v) is 5.50. The third-order valence-electron chi connectivity index (χ3n) is 3.80. The van der Waals surface area contributed by atoms with E-state index in [1.165, 1.54) is 36.9 Å². The van der Waals surface area contributed by atoms with Gasteiger partial charge in [0.05, 0.1) is 17.3 Å². The van der Waals surface area contributed by atoms with Crippen LogP contribution in [0.3, 0.4) is 0 Å². The average Bonchev–Trinajstić information content (AvgIpc) is 2.64. The molecule has 134 valence electrons. The number of hydrogen-bond donors (Lipinski definition) is 1. The van der Waals surface area contributed by atoms with E-state index in [-0.39, 0.29) is 23.2 Å². The van der Waals surface area contributed by atoms with Gasteiger partial charge in [-0.3, -0.25) is 4.79 Å². The maximum absolute atomic E-state index is 12.1. The van der Waals surface area contributed by atoms with Crippen molar-refractivity contribution in [2.75, 3.05) is 26.0 Å². The van der Waals surface area contributed by atoms with E-state index in [9.17, 15) is 13.2 Å². The van der Waals surface area contributed by atoms with E-state index in [0.29, 0.717) is 12.1 Å². The summed E-state index contributed by atoms with van der Waals surface area (Å²) in [5.41, 5.74) is 1.69. The van der Waals surface area contributed by atoms with Gasteiger partial charge in [-0.05, 0) is 42.7 Å². The molecule has 0 saturated carbocycles. The van der Waals surface area contributed by atoms with E-state index in [1.54, 1.807) is 0 Å². The number of aryl methyl sites for hydroxylation is 1. The number of nitrogens with one attached hydrogen (secondary N) is 1. The molecule has 1 N–H and O–H groups in total. The van der Waals surface area contributed by atoms with E-state index < -0.39 is 9.84 Å². The Morgan fingerprint density at radius 3 is 2.36 bits per heavy atom. The summed E-state index contributed by atoms with van der Waals surface area (Å²) in [4.78, 5) is 12.3. The summed E-state index contributed by atoms with van der Waals surface area (Å²) < 4.78 is 28.9. The van der Waals surface area contributed by atoms with Crippen LogP contribution in [0.5, 0.6) is 0 Å². The SMILES string of the molecule is COCCS(=O)(=O)c1ccc(C(=O)NCCCc2ccccc2)cc1. The molecule has 0 saturated heterocycles.